The number of nitrogens with one attached hydrogen (secondary N) is 1. The first-order chi connectivity index (χ1) is 3.34. The van der Waals surface area contributed by atoms with Gasteiger partial charge < -0.3 is 5.32 Å². The summed E-state index contributed by atoms with van der Waals surface area (Å²) in [6, 6.07) is -0.169. The molecule has 0 radical (unpaired) electrons. The lowest BCUT2D eigenvalue weighted by atomic mass is 10.7. The Kier molecular flexibility index (Phi) is 0.964. The summed E-state index contributed by atoms with van der Waals surface area (Å²) in [5.74, 6) is 0. The molecule has 1 aliphatic carbocycles. The lowest BCUT2D eigenvalue weighted by Gasteiger charge is -1.84. The van der Waals surface area contributed by atoms with Crippen LogP contribution in [0.15, 0.2) is 0 Å². The Morgan fingerprint density at radius 1 is 1.86 bits per heavy atom. The second-order valence-corrected chi connectivity index (χ2v) is 1.64. The van der Waals surface area contributed by atoms with E-state index in [0.717, 1.165) is 0 Å². The first kappa shape index (κ1) is 4.56. The molecule has 1 saturated carbocycles. The maximum Gasteiger partial charge on any atom is 0.207 e. The van der Waals surface area contributed by atoms with Crippen molar-refractivity contribution in [1.82, 2.24) is 5.32 Å². The molecule has 1 amide bonds. The minimum absolute atomic E-state index is 0.169. The summed E-state index contributed by atoms with van der Waals surface area (Å²) in [5.41, 5.74) is 0. The second kappa shape index (κ2) is 1.48. The van der Waals surface area contributed by atoms with Crippen LogP contribution in [0.1, 0.15) is 6.42 Å². The largest absolute Gasteiger partial charge is 0.353 e. The molecule has 3 heteroatoms. The van der Waals surface area contributed by atoms with E-state index < -0.39 is 6.17 Å². The van der Waals surface area contributed by atoms with Crippen molar-refractivity contribution in [2.75, 3.05) is 0 Å². The average molecular weight is 103 g/mol. The van der Waals surface area contributed by atoms with Crippen molar-refractivity contribution in [1.29, 1.82) is 0 Å². The van der Waals surface area contributed by atoms with Gasteiger partial charge >= 0.3 is 0 Å². The molecule has 0 aliphatic heterocycles. The third-order valence-electron chi connectivity index (χ3n) is 0.995. The van der Waals surface area contributed by atoms with Crippen LogP contribution in [0.2, 0.25) is 0 Å². The number of alkyl halides is 1. The molecule has 0 saturated heterocycles. The Bertz CT molecular complexity index is 85.8. The molecule has 1 fully saturated rings. The molecule has 1 N–H and O–H groups in total. The van der Waals surface area contributed by atoms with Crippen LogP contribution in [0.4, 0.5) is 4.39 Å². The predicted molar refractivity (Wildman–Crippen MR) is 22.5 cm³/mol. The Balaban J connectivity index is 2.08. The van der Waals surface area contributed by atoms with Crippen LogP contribution in [0.5, 0.6) is 0 Å². The van der Waals surface area contributed by atoms with E-state index in [1.54, 1.807) is 0 Å². The molecule has 0 aromatic heterocycles. The Morgan fingerprint density at radius 2 is 2.43 bits per heavy atom. The highest BCUT2D eigenvalue weighted by Gasteiger charge is 2.36. The van der Waals surface area contributed by atoms with Crippen LogP contribution in [-0.2, 0) is 4.79 Å². The van der Waals surface area contributed by atoms with Gasteiger partial charge in [0.05, 0.1) is 6.04 Å². The van der Waals surface area contributed by atoms with Crippen molar-refractivity contribution < 1.29 is 9.18 Å². The summed E-state index contributed by atoms with van der Waals surface area (Å²) in [7, 11) is 0. The third-order valence-corrected chi connectivity index (χ3v) is 0.995. The molecular weight excluding hydrogens is 97.0 g/mol. The highest BCUT2D eigenvalue weighted by atomic mass is 19.1. The number of carbonyl (C=O) groups is 1. The SMILES string of the molecule is O=CN[C@H]1C[C@H]1F. The fourth-order valence-corrected chi connectivity index (χ4v) is 0.424. The molecule has 2 atom stereocenters. The van der Waals surface area contributed by atoms with Crippen molar-refractivity contribution in [2.45, 2.75) is 18.6 Å². The molecule has 0 aromatic carbocycles. The first-order valence-electron chi connectivity index (χ1n) is 2.18. The number of rotatable bonds is 2. The summed E-state index contributed by atoms with van der Waals surface area (Å²) in [6.45, 7) is 0. The van der Waals surface area contributed by atoms with Gasteiger partial charge in [-0.3, -0.25) is 4.79 Å². The van der Waals surface area contributed by atoms with Gasteiger partial charge in [0, 0.05) is 6.42 Å². The monoisotopic (exact) mass is 103 g/mol. The lowest BCUT2D eigenvalue weighted by molar-refractivity contribution is -0.109. The van der Waals surface area contributed by atoms with Crippen LogP contribution in [-0.4, -0.2) is 18.6 Å². The predicted octanol–water partition coefficient (Wildman–Crippen LogP) is -0.157. The Hall–Kier alpha value is -0.600. The van der Waals surface area contributed by atoms with E-state index in [9.17, 15) is 9.18 Å². The van der Waals surface area contributed by atoms with E-state index in [1.165, 1.54) is 0 Å². The van der Waals surface area contributed by atoms with Crippen molar-refractivity contribution in [3.8, 4) is 0 Å². The van der Waals surface area contributed by atoms with Gasteiger partial charge in [-0.25, -0.2) is 4.39 Å². The average Bonchev–Trinajstić information content (AvgIpc) is 2.22. The number of halogens is 1. The number of hydrogen-bond donors (Lipinski definition) is 1. The zero-order valence-corrected chi connectivity index (χ0v) is 3.73. The normalized spacial score (nSPS) is 37.3. The topological polar surface area (TPSA) is 29.1 Å². The molecule has 0 bridgehead atoms. The molecule has 1 aliphatic rings. The summed E-state index contributed by atoms with van der Waals surface area (Å²) in [6.07, 6.45) is 0.258. The molecule has 0 unspecified atom stereocenters. The fourth-order valence-electron chi connectivity index (χ4n) is 0.424. The minimum atomic E-state index is -0.773. The van der Waals surface area contributed by atoms with Gasteiger partial charge in [0.2, 0.25) is 6.41 Å². The summed E-state index contributed by atoms with van der Waals surface area (Å²) >= 11 is 0. The highest BCUT2D eigenvalue weighted by Crippen LogP contribution is 2.23. The smallest absolute Gasteiger partial charge is 0.207 e. The molecule has 0 heterocycles. The third kappa shape index (κ3) is 0.885. The van der Waals surface area contributed by atoms with E-state index in [4.69, 9.17) is 0 Å². The zero-order valence-electron chi connectivity index (χ0n) is 3.73. The summed E-state index contributed by atoms with van der Waals surface area (Å²) < 4.78 is 11.7. The van der Waals surface area contributed by atoms with Gasteiger partial charge in [-0.1, -0.05) is 0 Å². The molecule has 2 nitrogen and oxygen atoms in total. The highest BCUT2D eigenvalue weighted by molar-refractivity contribution is 5.47. The van der Waals surface area contributed by atoms with Crippen LogP contribution in [0, 0.1) is 0 Å². The molecule has 7 heavy (non-hydrogen) atoms. The Morgan fingerprint density at radius 3 is 2.57 bits per heavy atom. The second-order valence-electron chi connectivity index (χ2n) is 1.64. The van der Waals surface area contributed by atoms with E-state index in [0.29, 0.717) is 12.8 Å². The van der Waals surface area contributed by atoms with Gasteiger partial charge in [-0.15, -0.1) is 0 Å². The van der Waals surface area contributed by atoms with Gasteiger partial charge in [0.25, 0.3) is 0 Å². The van der Waals surface area contributed by atoms with E-state index in [1.807, 2.05) is 0 Å². The lowest BCUT2D eigenvalue weighted by Crippen LogP contribution is -2.15. The van der Waals surface area contributed by atoms with Crippen LogP contribution in [0.25, 0.3) is 0 Å². The first-order valence-corrected chi connectivity index (χ1v) is 2.18. The molecule has 0 aromatic rings. The fraction of sp³-hybridized carbons (Fsp3) is 0.750. The van der Waals surface area contributed by atoms with E-state index in [2.05, 4.69) is 5.32 Å². The number of amides is 1. The summed E-state index contributed by atoms with van der Waals surface area (Å²) in [5, 5.41) is 2.31. The molecular formula is C4H6FNO. The number of carbonyl (C=O) groups excluding carboxylic acids is 1. The zero-order chi connectivity index (χ0) is 5.28. The van der Waals surface area contributed by atoms with Gasteiger partial charge in [0.15, 0.2) is 0 Å². The maximum atomic E-state index is 11.7. The van der Waals surface area contributed by atoms with E-state index >= 15 is 0 Å². The molecule has 40 valence electrons. The van der Waals surface area contributed by atoms with Crippen molar-refractivity contribution in [2.24, 2.45) is 0 Å². The summed E-state index contributed by atoms with van der Waals surface area (Å²) in [4.78, 5) is 9.52. The van der Waals surface area contributed by atoms with Crippen molar-refractivity contribution in [3.05, 3.63) is 0 Å². The number of hydrogen-bond acceptors (Lipinski definition) is 1. The van der Waals surface area contributed by atoms with Gasteiger partial charge in [0.1, 0.15) is 6.17 Å². The Labute approximate surface area is 40.7 Å². The van der Waals surface area contributed by atoms with Gasteiger partial charge in [-0.05, 0) is 0 Å². The standard InChI is InChI=1S/C4H6FNO/c5-3-1-4(3)6-2-7/h2-4H,1H2,(H,6,7)/t3-,4+/m1/s1. The minimum Gasteiger partial charge on any atom is -0.353 e. The van der Waals surface area contributed by atoms with Crippen molar-refractivity contribution in [3.63, 3.8) is 0 Å². The van der Waals surface area contributed by atoms with Gasteiger partial charge in [-0.2, -0.15) is 0 Å². The molecule has 0 spiro atoms. The van der Waals surface area contributed by atoms with Crippen LogP contribution >= 0.6 is 0 Å². The quantitative estimate of drug-likeness (QED) is 0.483. The van der Waals surface area contributed by atoms with Crippen LogP contribution < -0.4 is 5.32 Å². The maximum absolute atomic E-state index is 11.7. The van der Waals surface area contributed by atoms with E-state index in [-0.39, 0.29) is 6.04 Å². The molecule has 1 rings (SSSR count). The van der Waals surface area contributed by atoms with Crippen molar-refractivity contribution >= 4 is 6.41 Å². The van der Waals surface area contributed by atoms with Crippen LogP contribution in [0.3, 0.4) is 0 Å².